The van der Waals surface area contributed by atoms with Crippen molar-refractivity contribution in [1.29, 1.82) is 0 Å². The van der Waals surface area contributed by atoms with Crippen LogP contribution in [0.4, 0.5) is 0 Å². The fourth-order valence-electron chi connectivity index (χ4n) is 7.28. The van der Waals surface area contributed by atoms with Gasteiger partial charge in [0.1, 0.15) is 18.0 Å². The van der Waals surface area contributed by atoms with E-state index in [1.165, 1.54) is 19.4 Å². The Hall–Kier alpha value is -1.37. The molecule has 6 heteroatoms. The number of rotatable bonds is 2. The van der Waals surface area contributed by atoms with E-state index in [2.05, 4.69) is 6.92 Å². The van der Waals surface area contributed by atoms with E-state index in [9.17, 15) is 29.7 Å². The maximum atomic E-state index is 12.4. The van der Waals surface area contributed by atoms with Gasteiger partial charge < -0.3 is 20.1 Å². The highest BCUT2D eigenvalue weighted by atomic mass is 16.3. The molecule has 6 nitrogen and oxygen atoms in total. The zero-order valence-electron chi connectivity index (χ0n) is 18.6. The highest BCUT2D eigenvalue weighted by molar-refractivity contribution is 5.91. The van der Waals surface area contributed by atoms with E-state index in [0.29, 0.717) is 19.3 Å². The van der Waals surface area contributed by atoms with E-state index in [1.807, 2.05) is 6.92 Å². The van der Waals surface area contributed by atoms with E-state index in [4.69, 9.17) is 0 Å². The molecule has 0 aromatic heterocycles. The van der Waals surface area contributed by atoms with Crippen LogP contribution in [0, 0.1) is 28.6 Å². The number of fused-ring (bicyclic) bond motifs is 5. The maximum Gasteiger partial charge on any atom is 0.190 e. The zero-order chi connectivity index (χ0) is 22.5. The van der Waals surface area contributed by atoms with E-state index >= 15 is 0 Å². The molecule has 7 atom stereocenters. The van der Waals surface area contributed by atoms with Gasteiger partial charge in [0.2, 0.25) is 0 Å². The van der Waals surface area contributed by atoms with Crippen molar-refractivity contribution in [3.8, 4) is 0 Å². The average molecular weight is 421 g/mol. The quantitative estimate of drug-likeness (QED) is 0.632. The number of Topliss-reactive ketones (excluding diaryl/α,β-unsaturated/α-hetero) is 2. The molecule has 0 bridgehead atoms. The molecule has 4 aliphatic rings. The van der Waals surface area contributed by atoms with Gasteiger partial charge in [-0.1, -0.05) is 19.4 Å². The highest BCUT2D eigenvalue weighted by Crippen LogP contribution is 2.67. The normalized spacial score (nSPS) is 44.6. The molecule has 0 saturated heterocycles. The third kappa shape index (κ3) is 3.41. The molecule has 0 amide bonds. The fraction of sp³-hybridized carbons (Fsp3) is 0.792. The zero-order valence-corrected chi connectivity index (χ0v) is 18.6. The summed E-state index contributed by atoms with van der Waals surface area (Å²) < 4.78 is 0. The molecule has 3 N–H and O–H groups in total. The summed E-state index contributed by atoms with van der Waals surface area (Å²) in [4.78, 5) is 33.7. The van der Waals surface area contributed by atoms with Gasteiger partial charge in [-0.15, -0.1) is 0 Å². The monoisotopic (exact) mass is 420 g/mol. The Morgan fingerprint density at radius 2 is 1.77 bits per heavy atom. The summed E-state index contributed by atoms with van der Waals surface area (Å²) >= 11 is 0. The van der Waals surface area contributed by atoms with Crippen molar-refractivity contribution in [2.45, 2.75) is 84.3 Å². The first-order chi connectivity index (χ1) is 13.9. The summed E-state index contributed by atoms with van der Waals surface area (Å²) in [6, 6.07) is 0. The maximum absolute atomic E-state index is 12.4. The van der Waals surface area contributed by atoms with Crippen molar-refractivity contribution in [3.63, 3.8) is 0 Å². The van der Waals surface area contributed by atoms with Crippen molar-refractivity contribution >= 4 is 17.3 Å². The van der Waals surface area contributed by atoms with Crippen LogP contribution in [-0.4, -0.2) is 51.0 Å². The van der Waals surface area contributed by atoms with E-state index in [-0.39, 0.29) is 34.7 Å². The predicted octanol–water partition coefficient (Wildman–Crippen LogP) is 2.38. The van der Waals surface area contributed by atoms with Crippen molar-refractivity contribution < 1.29 is 29.7 Å². The SMILES string of the molecule is CC(C)=O.C[C@]12CCC(=O)C=C1CC[C@@H]1[C@@H]2[C@@H](O)C[C@@]2(C)[C@H]1CC[C@]2(O)C(=O)CO. The Kier molecular flexibility index (Phi) is 6.18. The number of ketones is 3. The standard InChI is InChI=1S/C21H30O5.C3H6O/c1-19-7-5-13(23)9-12(19)3-4-14-15-6-8-21(26,17(25)11-22)20(15,2)10-16(24)18(14)19;1-3(2)4/h9,14-16,18,22,24,26H,3-8,10-11H2,1-2H3;1-2H3/t14-,15-,16-,18+,19-,20-,21-;/m0./s1. The molecule has 0 unspecified atom stereocenters. The molecule has 0 radical (unpaired) electrons. The van der Waals surface area contributed by atoms with Crippen molar-refractivity contribution in [2.24, 2.45) is 28.6 Å². The van der Waals surface area contributed by atoms with Crippen LogP contribution < -0.4 is 0 Å². The number of hydrogen-bond acceptors (Lipinski definition) is 6. The van der Waals surface area contributed by atoms with E-state index in [1.54, 1.807) is 6.08 Å². The molecule has 30 heavy (non-hydrogen) atoms. The minimum Gasteiger partial charge on any atom is -0.393 e. The number of aliphatic hydroxyl groups is 3. The lowest BCUT2D eigenvalue weighted by molar-refractivity contribution is -0.182. The molecule has 3 fully saturated rings. The summed E-state index contributed by atoms with van der Waals surface area (Å²) in [6.45, 7) is 6.51. The summed E-state index contributed by atoms with van der Waals surface area (Å²) in [5.74, 6) is 0.307. The molecular formula is C24H36O6. The second-order valence-corrected chi connectivity index (χ2v) is 10.5. The number of carbonyl (C=O) groups excluding carboxylic acids is 3. The number of allylic oxidation sites excluding steroid dienone is 1. The van der Waals surface area contributed by atoms with Crippen LogP contribution in [0.25, 0.3) is 0 Å². The molecule has 168 valence electrons. The average Bonchev–Trinajstić information content (AvgIpc) is 2.92. The van der Waals surface area contributed by atoms with Gasteiger partial charge in [0.25, 0.3) is 0 Å². The van der Waals surface area contributed by atoms with Crippen LogP contribution >= 0.6 is 0 Å². The molecule has 0 spiro atoms. The number of hydrogen-bond donors (Lipinski definition) is 3. The third-order valence-corrected chi connectivity index (χ3v) is 8.65. The lowest BCUT2D eigenvalue weighted by atomic mass is 9.45. The first-order valence-electron chi connectivity index (χ1n) is 11.2. The first-order valence-corrected chi connectivity index (χ1v) is 11.2. The van der Waals surface area contributed by atoms with Crippen LogP contribution in [0.5, 0.6) is 0 Å². The Labute approximate surface area is 178 Å². The summed E-state index contributed by atoms with van der Waals surface area (Å²) in [6.07, 6.45) is 5.74. The van der Waals surface area contributed by atoms with Gasteiger partial charge in [0.05, 0.1) is 6.10 Å². The van der Waals surface area contributed by atoms with Crippen molar-refractivity contribution in [1.82, 2.24) is 0 Å². The van der Waals surface area contributed by atoms with E-state index < -0.39 is 29.5 Å². The topological polar surface area (TPSA) is 112 Å². The van der Waals surface area contributed by atoms with Gasteiger partial charge in [-0.2, -0.15) is 0 Å². The third-order valence-electron chi connectivity index (χ3n) is 8.65. The molecule has 3 saturated carbocycles. The second-order valence-electron chi connectivity index (χ2n) is 10.5. The molecule has 0 aromatic carbocycles. The van der Waals surface area contributed by atoms with Gasteiger partial charge in [-0.3, -0.25) is 9.59 Å². The molecule has 0 aliphatic heterocycles. The second kappa shape index (κ2) is 7.95. The summed E-state index contributed by atoms with van der Waals surface area (Å²) in [7, 11) is 0. The fourth-order valence-corrected chi connectivity index (χ4v) is 7.28. The van der Waals surface area contributed by atoms with Crippen LogP contribution in [0.3, 0.4) is 0 Å². The summed E-state index contributed by atoms with van der Waals surface area (Å²) in [5.41, 5.74) is -1.23. The molecule has 0 aromatic rings. The molecule has 4 rings (SSSR count). The minimum absolute atomic E-state index is 0.0697. The lowest BCUT2D eigenvalue weighted by Crippen LogP contribution is -2.62. The molecule has 4 aliphatic carbocycles. The highest BCUT2D eigenvalue weighted by Gasteiger charge is 2.68. The number of carbonyl (C=O) groups is 3. The molecule has 0 heterocycles. The van der Waals surface area contributed by atoms with Gasteiger partial charge in [-0.05, 0) is 81.6 Å². The van der Waals surface area contributed by atoms with Gasteiger partial charge >= 0.3 is 0 Å². The van der Waals surface area contributed by atoms with Crippen LogP contribution in [0.2, 0.25) is 0 Å². The van der Waals surface area contributed by atoms with Crippen LogP contribution in [0.1, 0.15) is 72.6 Å². The summed E-state index contributed by atoms with van der Waals surface area (Å²) in [5, 5.41) is 31.7. The van der Waals surface area contributed by atoms with Gasteiger partial charge in [0, 0.05) is 11.8 Å². The largest absolute Gasteiger partial charge is 0.393 e. The Bertz CT molecular complexity index is 768. The smallest absolute Gasteiger partial charge is 0.190 e. The Morgan fingerprint density at radius 3 is 2.37 bits per heavy atom. The van der Waals surface area contributed by atoms with Crippen molar-refractivity contribution in [3.05, 3.63) is 11.6 Å². The van der Waals surface area contributed by atoms with Gasteiger partial charge in [-0.25, -0.2) is 0 Å². The Morgan fingerprint density at radius 1 is 1.13 bits per heavy atom. The van der Waals surface area contributed by atoms with E-state index in [0.717, 1.165) is 25.7 Å². The van der Waals surface area contributed by atoms with Crippen LogP contribution in [-0.2, 0) is 14.4 Å². The Balaban J connectivity index is 0.000000589. The minimum atomic E-state index is -1.54. The lowest BCUT2D eigenvalue weighted by Gasteiger charge is -2.60. The van der Waals surface area contributed by atoms with Gasteiger partial charge in [0.15, 0.2) is 11.6 Å². The van der Waals surface area contributed by atoms with Crippen LogP contribution in [0.15, 0.2) is 11.6 Å². The van der Waals surface area contributed by atoms with Crippen molar-refractivity contribution in [2.75, 3.05) is 6.61 Å². The first kappa shape index (κ1) is 23.3. The molecular weight excluding hydrogens is 384 g/mol. The predicted molar refractivity (Wildman–Crippen MR) is 111 cm³/mol. The number of aliphatic hydroxyl groups excluding tert-OH is 2.